The van der Waals surface area contributed by atoms with Crippen LogP contribution in [-0.4, -0.2) is 34.3 Å². The molecule has 32 heavy (non-hydrogen) atoms. The Morgan fingerprint density at radius 2 is 2.09 bits per heavy atom. The lowest BCUT2D eigenvalue weighted by atomic mass is 9.70. The molecule has 4 aromatic rings. The number of rotatable bonds is 5. The fraction of sp³-hybridized carbons (Fsp3) is 0.545. The summed E-state index contributed by atoms with van der Waals surface area (Å²) in [5.41, 5.74) is 3.47. The molecular weight excluding hydrogens is 426 g/mol. The number of nitro groups is 1. The van der Waals surface area contributed by atoms with E-state index in [-0.39, 0.29) is 17.2 Å². The quantitative estimate of drug-likeness (QED) is 0.322. The molecule has 0 unspecified atom stereocenters. The molecule has 5 rings (SSSR count). The number of hydrogen-bond acceptors (Lipinski definition) is 7. The molecule has 0 spiro atoms. The summed E-state index contributed by atoms with van der Waals surface area (Å²) in [5, 5.41) is 21.4. The first-order chi connectivity index (χ1) is 15.2. The Bertz CT molecular complexity index is 1360. The predicted octanol–water partition coefficient (Wildman–Crippen LogP) is 4.65. The third-order valence-corrected chi connectivity index (χ3v) is 8.43. The highest BCUT2D eigenvalue weighted by atomic mass is 32.1. The van der Waals surface area contributed by atoms with Crippen LogP contribution in [0.4, 0.5) is 5.69 Å². The fourth-order valence-corrected chi connectivity index (χ4v) is 6.14. The Morgan fingerprint density at radius 3 is 2.78 bits per heavy atom. The number of fused-ring (bicyclic) bond motifs is 5. The van der Waals surface area contributed by atoms with E-state index in [1.807, 2.05) is 0 Å². The van der Waals surface area contributed by atoms with Crippen molar-refractivity contribution in [2.45, 2.75) is 66.8 Å². The van der Waals surface area contributed by atoms with Crippen molar-refractivity contribution in [2.24, 2.45) is 11.3 Å². The summed E-state index contributed by atoms with van der Waals surface area (Å²) in [6.45, 7) is 10.7. The van der Waals surface area contributed by atoms with E-state index in [9.17, 15) is 10.1 Å². The van der Waals surface area contributed by atoms with Gasteiger partial charge in [-0.05, 0) is 50.0 Å². The summed E-state index contributed by atoms with van der Waals surface area (Å²) in [5.74, 6) is 1.25. The summed E-state index contributed by atoms with van der Waals surface area (Å²) < 4.78 is 3.33. The second-order valence-electron chi connectivity index (χ2n) is 9.44. The fourth-order valence-electron chi connectivity index (χ4n) is 4.88. The van der Waals surface area contributed by atoms with Crippen LogP contribution in [0.1, 0.15) is 61.3 Å². The van der Waals surface area contributed by atoms with Crippen LogP contribution in [0.2, 0.25) is 0 Å². The topological polar surface area (TPSA) is 104 Å². The van der Waals surface area contributed by atoms with Crippen LogP contribution >= 0.6 is 11.3 Å². The Balaban J connectivity index is 1.54. The minimum atomic E-state index is -0.385. The molecule has 0 saturated heterocycles. The zero-order valence-corrected chi connectivity index (χ0v) is 19.9. The Hall–Kier alpha value is -2.88. The van der Waals surface area contributed by atoms with Crippen LogP contribution in [0.3, 0.4) is 0 Å². The first kappa shape index (κ1) is 21.0. The number of hydrogen-bond donors (Lipinski definition) is 0. The lowest BCUT2D eigenvalue weighted by molar-refractivity contribution is -0.386. The molecule has 10 heteroatoms. The van der Waals surface area contributed by atoms with Crippen molar-refractivity contribution in [1.82, 2.24) is 29.4 Å². The molecule has 0 fully saturated rings. The maximum Gasteiger partial charge on any atom is 0.312 e. The monoisotopic (exact) mass is 453 g/mol. The average molecular weight is 454 g/mol. The van der Waals surface area contributed by atoms with Crippen molar-refractivity contribution < 1.29 is 4.92 Å². The van der Waals surface area contributed by atoms with Crippen molar-refractivity contribution in [3.05, 3.63) is 44.1 Å². The SMILES string of the molecule is CCC(C)(C)[C@@H]1CCc2c(sc3ncn4nc(Cn5nc(C)c([N+](=O)[O-])c5C)nc4c23)C1. The third kappa shape index (κ3) is 3.19. The van der Waals surface area contributed by atoms with Crippen molar-refractivity contribution >= 4 is 32.9 Å². The Kier molecular flexibility index (Phi) is 4.81. The highest BCUT2D eigenvalue weighted by molar-refractivity contribution is 7.19. The average Bonchev–Trinajstić information content (AvgIpc) is 3.39. The highest BCUT2D eigenvalue weighted by Gasteiger charge is 2.33. The van der Waals surface area contributed by atoms with Gasteiger partial charge in [-0.25, -0.2) is 14.5 Å². The first-order valence-electron chi connectivity index (χ1n) is 11.0. The molecule has 4 aromatic heterocycles. The van der Waals surface area contributed by atoms with Crippen LogP contribution in [0.5, 0.6) is 0 Å². The molecule has 0 bridgehead atoms. The zero-order valence-electron chi connectivity index (χ0n) is 19.0. The van der Waals surface area contributed by atoms with E-state index < -0.39 is 0 Å². The minimum Gasteiger partial charge on any atom is -0.258 e. The molecule has 0 radical (unpaired) electrons. The minimum absolute atomic E-state index is 0.0503. The van der Waals surface area contributed by atoms with E-state index in [4.69, 9.17) is 4.98 Å². The van der Waals surface area contributed by atoms with E-state index in [2.05, 4.69) is 36.0 Å². The van der Waals surface area contributed by atoms with Crippen LogP contribution in [0.25, 0.3) is 15.9 Å². The van der Waals surface area contributed by atoms with Gasteiger partial charge in [0.25, 0.3) is 0 Å². The molecule has 0 aliphatic heterocycles. The van der Waals surface area contributed by atoms with Gasteiger partial charge in [0.05, 0.1) is 10.3 Å². The van der Waals surface area contributed by atoms with Gasteiger partial charge in [0.2, 0.25) is 0 Å². The molecule has 0 aromatic carbocycles. The van der Waals surface area contributed by atoms with Gasteiger partial charge in [-0.1, -0.05) is 27.2 Å². The largest absolute Gasteiger partial charge is 0.312 e. The second-order valence-corrected chi connectivity index (χ2v) is 10.5. The van der Waals surface area contributed by atoms with E-state index >= 15 is 0 Å². The van der Waals surface area contributed by atoms with Crippen molar-refractivity contribution in [3.8, 4) is 0 Å². The number of aromatic nitrogens is 6. The van der Waals surface area contributed by atoms with Gasteiger partial charge in [-0.15, -0.1) is 16.4 Å². The van der Waals surface area contributed by atoms with Gasteiger partial charge in [0.15, 0.2) is 11.5 Å². The summed E-state index contributed by atoms with van der Waals surface area (Å²) in [6.07, 6.45) is 6.21. The lowest BCUT2D eigenvalue weighted by Gasteiger charge is -2.36. The molecule has 1 aliphatic carbocycles. The second kappa shape index (κ2) is 7.33. The third-order valence-electron chi connectivity index (χ3n) is 7.26. The zero-order chi connectivity index (χ0) is 22.8. The maximum absolute atomic E-state index is 11.3. The summed E-state index contributed by atoms with van der Waals surface area (Å²) in [4.78, 5) is 22.9. The van der Waals surface area contributed by atoms with Gasteiger partial charge in [-0.2, -0.15) is 5.10 Å². The van der Waals surface area contributed by atoms with Crippen molar-refractivity contribution in [2.75, 3.05) is 0 Å². The molecule has 0 saturated carbocycles. The maximum atomic E-state index is 11.3. The summed E-state index contributed by atoms with van der Waals surface area (Å²) in [6, 6.07) is 0. The van der Waals surface area contributed by atoms with Crippen LogP contribution in [-0.2, 0) is 19.4 Å². The normalized spacial score (nSPS) is 16.7. The molecule has 1 atom stereocenters. The smallest absolute Gasteiger partial charge is 0.258 e. The van der Waals surface area contributed by atoms with Gasteiger partial charge in [-0.3, -0.25) is 14.8 Å². The van der Waals surface area contributed by atoms with E-state index in [0.717, 1.165) is 28.7 Å². The number of aryl methyl sites for hydroxylation is 2. The molecule has 168 valence electrons. The van der Waals surface area contributed by atoms with Gasteiger partial charge < -0.3 is 0 Å². The molecule has 0 amide bonds. The Morgan fingerprint density at radius 1 is 1.31 bits per heavy atom. The summed E-state index contributed by atoms with van der Waals surface area (Å²) >= 11 is 1.78. The van der Waals surface area contributed by atoms with Crippen LogP contribution in [0, 0.1) is 35.3 Å². The predicted molar refractivity (Wildman–Crippen MR) is 123 cm³/mol. The Labute approximate surface area is 189 Å². The molecule has 0 N–H and O–H groups in total. The highest BCUT2D eigenvalue weighted by Crippen LogP contribution is 2.44. The van der Waals surface area contributed by atoms with E-state index in [0.29, 0.717) is 28.5 Å². The van der Waals surface area contributed by atoms with Gasteiger partial charge >= 0.3 is 5.69 Å². The van der Waals surface area contributed by atoms with Gasteiger partial charge in [0, 0.05) is 4.88 Å². The van der Waals surface area contributed by atoms with Crippen molar-refractivity contribution in [3.63, 3.8) is 0 Å². The van der Waals surface area contributed by atoms with Gasteiger partial charge in [0.1, 0.15) is 29.1 Å². The number of thiophene rings is 1. The lowest BCUT2D eigenvalue weighted by Crippen LogP contribution is -2.28. The standard InChI is InChI=1S/C22H27N7O2S/c1-6-22(4,5)14-7-8-15-16(9-14)32-21-18(15)20-24-17(26-28(20)11-23-21)10-27-13(3)19(29(30)31)12(2)25-27/h11,14H,6-10H2,1-5H3/t14-/m1/s1. The van der Waals surface area contributed by atoms with Crippen LogP contribution < -0.4 is 0 Å². The molecule has 9 nitrogen and oxygen atoms in total. The molecule has 1 aliphatic rings. The summed E-state index contributed by atoms with van der Waals surface area (Å²) in [7, 11) is 0. The van der Waals surface area contributed by atoms with Crippen molar-refractivity contribution in [1.29, 1.82) is 0 Å². The molecule has 4 heterocycles. The number of nitrogens with zero attached hydrogens (tertiary/aromatic N) is 7. The van der Waals surface area contributed by atoms with E-state index in [1.54, 1.807) is 40.7 Å². The molecular formula is C22H27N7O2S. The first-order valence-corrected chi connectivity index (χ1v) is 11.8. The van der Waals surface area contributed by atoms with Crippen LogP contribution in [0.15, 0.2) is 6.33 Å². The van der Waals surface area contributed by atoms with E-state index in [1.165, 1.54) is 23.3 Å².